The number of likely N-dealkylation sites (tertiary alicyclic amines) is 1. The van der Waals surface area contributed by atoms with Gasteiger partial charge in [0.15, 0.2) is 0 Å². The van der Waals surface area contributed by atoms with Gasteiger partial charge in [-0.25, -0.2) is 4.79 Å². The number of benzene rings is 2. The van der Waals surface area contributed by atoms with E-state index in [1.165, 1.54) is 31.2 Å². The van der Waals surface area contributed by atoms with E-state index in [4.69, 9.17) is 4.74 Å². The summed E-state index contributed by atoms with van der Waals surface area (Å²) in [5.74, 6) is -0.648. The Morgan fingerprint density at radius 2 is 1.68 bits per heavy atom. The van der Waals surface area contributed by atoms with Crippen LogP contribution in [-0.2, 0) is 11.3 Å². The van der Waals surface area contributed by atoms with Gasteiger partial charge in [-0.3, -0.25) is 4.79 Å². The number of carbonyl (C=O) groups excluding carboxylic acids is 2. The number of nitrogens with one attached hydrogen (secondary N) is 1. The molecular weight excluding hydrogens is 388 g/mol. The van der Waals surface area contributed by atoms with Gasteiger partial charge in [-0.05, 0) is 51.2 Å². The zero-order valence-corrected chi connectivity index (χ0v) is 18.9. The van der Waals surface area contributed by atoms with Crippen molar-refractivity contribution < 1.29 is 18.8 Å². The van der Waals surface area contributed by atoms with Gasteiger partial charge in [0.1, 0.15) is 6.54 Å². The van der Waals surface area contributed by atoms with Crippen LogP contribution in [0.4, 0.5) is 0 Å². The fourth-order valence-corrected chi connectivity index (χ4v) is 4.63. The molecule has 2 aromatic rings. The van der Waals surface area contributed by atoms with Gasteiger partial charge in [0.05, 0.1) is 43.9 Å². The molecule has 0 unspecified atom stereocenters. The lowest BCUT2D eigenvalue weighted by Gasteiger charge is -2.38. The van der Waals surface area contributed by atoms with Crippen LogP contribution in [0.15, 0.2) is 48.5 Å². The van der Waals surface area contributed by atoms with Crippen molar-refractivity contribution in [1.82, 2.24) is 5.32 Å². The summed E-state index contributed by atoms with van der Waals surface area (Å²) < 4.78 is 6.15. The van der Waals surface area contributed by atoms with Crippen LogP contribution in [0.5, 0.6) is 0 Å². The van der Waals surface area contributed by atoms with Crippen LogP contribution in [0.1, 0.15) is 64.4 Å². The van der Waals surface area contributed by atoms with E-state index in [0.717, 1.165) is 36.2 Å². The first-order valence-electron chi connectivity index (χ1n) is 11.5. The number of ether oxygens (including phenoxy) is 1. The van der Waals surface area contributed by atoms with Gasteiger partial charge in [0, 0.05) is 5.56 Å². The summed E-state index contributed by atoms with van der Waals surface area (Å²) in [6.07, 6.45) is 5.03. The number of amides is 1. The smallest absolute Gasteiger partial charge is 0.338 e. The first-order valence-corrected chi connectivity index (χ1v) is 11.5. The zero-order valence-electron chi connectivity index (χ0n) is 18.9. The predicted octanol–water partition coefficient (Wildman–Crippen LogP) is 4.49. The lowest BCUT2D eigenvalue weighted by molar-refractivity contribution is -0.939. The Hall–Kier alpha value is -2.66. The van der Waals surface area contributed by atoms with E-state index in [0.29, 0.717) is 17.7 Å². The third-order valence-electron chi connectivity index (χ3n) is 6.24. The van der Waals surface area contributed by atoms with E-state index < -0.39 is 5.97 Å². The van der Waals surface area contributed by atoms with Gasteiger partial charge in [-0.2, -0.15) is 0 Å². The molecule has 5 nitrogen and oxygen atoms in total. The van der Waals surface area contributed by atoms with Crippen LogP contribution in [0.25, 0.3) is 0 Å². The molecule has 0 radical (unpaired) electrons. The number of carbonyl (C=O) groups is 2. The van der Waals surface area contributed by atoms with Crippen molar-refractivity contribution in [2.24, 2.45) is 0 Å². The standard InChI is InChI=1S/C26H34N2O3/c1-3-31-26(30)23-15-11-12-21(2)24(23)25(29)27-16-19-28(17-9-4-5-10-18-28)20-22-13-7-6-8-14-22/h6-8,11-15H,3-5,9-10,16-20H2,1-2H3/p+1. The van der Waals surface area contributed by atoms with Crippen molar-refractivity contribution in [3.8, 4) is 0 Å². The molecule has 1 saturated heterocycles. The molecular formula is C26H35N2O3+. The minimum atomic E-state index is -0.448. The number of hydrogen-bond donors (Lipinski definition) is 1. The number of nitrogens with zero attached hydrogens (tertiary/aromatic N) is 1. The third kappa shape index (κ3) is 6.17. The molecule has 0 bridgehead atoms. The summed E-state index contributed by atoms with van der Waals surface area (Å²) in [6.45, 7) is 8.67. The van der Waals surface area contributed by atoms with Crippen molar-refractivity contribution in [2.75, 3.05) is 32.8 Å². The molecule has 1 amide bonds. The van der Waals surface area contributed by atoms with Crippen LogP contribution in [0.3, 0.4) is 0 Å². The Kier molecular flexibility index (Phi) is 8.24. The number of quaternary nitrogens is 1. The average molecular weight is 424 g/mol. The topological polar surface area (TPSA) is 55.4 Å². The molecule has 166 valence electrons. The molecule has 31 heavy (non-hydrogen) atoms. The highest BCUT2D eigenvalue weighted by molar-refractivity contribution is 6.06. The number of esters is 1. The third-order valence-corrected chi connectivity index (χ3v) is 6.24. The summed E-state index contributed by atoms with van der Waals surface area (Å²) in [5.41, 5.74) is 2.89. The van der Waals surface area contributed by atoms with Crippen molar-refractivity contribution in [2.45, 2.75) is 46.1 Å². The van der Waals surface area contributed by atoms with E-state index in [1.807, 2.05) is 13.0 Å². The molecule has 2 aromatic carbocycles. The van der Waals surface area contributed by atoms with Crippen molar-refractivity contribution in [3.63, 3.8) is 0 Å². The molecule has 1 fully saturated rings. The van der Waals surface area contributed by atoms with E-state index >= 15 is 0 Å². The molecule has 0 atom stereocenters. The van der Waals surface area contributed by atoms with Crippen LogP contribution in [-0.4, -0.2) is 49.1 Å². The zero-order chi connectivity index (χ0) is 22.1. The largest absolute Gasteiger partial charge is 0.462 e. The molecule has 0 aliphatic carbocycles. The normalized spacial score (nSPS) is 15.7. The highest BCUT2D eigenvalue weighted by atomic mass is 16.5. The quantitative estimate of drug-likeness (QED) is 0.503. The van der Waals surface area contributed by atoms with Gasteiger partial charge < -0.3 is 14.5 Å². The summed E-state index contributed by atoms with van der Waals surface area (Å²) in [7, 11) is 0. The Labute approximate surface area is 186 Å². The maximum absolute atomic E-state index is 13.0. The second kappa shape index (κ2) is 11.1. The lowest BCUT2D eigenvalue weighted by Crippen LogP contribution is -2.51. The van der Waals surface area contributed by atoms with Gasteiger partial charge in [-0.1, -0.05) is 42.5 Å². The first-order chi connectivity index (χ1) is 15.0. The SMILES string of the molecule is CCOC(=O)c1cccc(C)c1C(=O)NCC[N+]1(Cc2ccccc2)CCCCCC1. The number of rotatable bonds is 8. The summed E-state index contributed by atoms with van der Waals surface area (Å²) in [5, 5.41) is 3.09. The fourth-order valence-electron chi connectivity index (χ4n) is 4.63. The molecule has 1 aliphatic heterocycles. The minimum Gasteiger partial charge on any atom is -0.462 e. The fraction of sp³-hybridized carbons (Fsp3) is 0.462. The van der Waals surface area contributed by atoms with Crippen molar-refractivity contribution >= 4 is 11.9 Å². The second-order valence-corrected chi connectivity index (χ2v) is 8.54. The van der Waals surface area contributed by atoms with Gasteiger partial charge in [0.25, 0.3) is 5.91 Å². The monoisotopic (exact) mass is 423 g/mol. The molecule has 0 spiro atoms. The number of hydrogen-bond acceptors (Lipinski definition) is 3. The minimum absolute atomic E-state index is 0.200. The molecule has 1 heterocycles. The molecule has 0 aromatic heterocycles. The Morgan fingerprint density at radius 1 is 0.968 bits per heavy atom. The van der Waals surface area contributed by atoms with Crippen LogP contribution < -0.4 is 5.32 Å². The van der Waals surface area contributed by atoms with Crippen LogP contribution in [0, 0.1) is 6.92 Å². The maximum Gasteiger partial charge on any atom is 0.338 e. The first kappa shape index (κ1) is 23.0. The van der Waals surface area contributed by atoms with E-state index in [2.05, 4.69) is 35.6 Å². The molecule has 3 rings (SSSR count). The predicted molar refractivity (Wildman–Crippen MR) is 123 cm³/mol. The van der Waals surface area contributed by atoms with Gasteiger partial charge >= 0.3 is 5.97 Å². The Bertz CT molecular complexity index is 871. The summed E-state index contributed by atoms with van der Waals surface area (Å²) >= 11 is 0. The van der Waals surface area contributed by atoms with Gasteiger partial charge in [0.2, 0.25) is 0 Å². The van der Waals surface area contributed by atoms with Crippen LogP contribution in [0.2, 0.25) is 0 Å². The second-order valence-electron chi connectivity index (χ2n) is 8.54. The summed E-state index contributed by atoms with van der Waals surface area (Å²) in [6, 6.07) is 16.0. The molecule has 5 heteroatoms. The number of aryl methyl sites for hydroxylation is 1. The average Bonchev–Trinajstić information content (AvgIpc) is 3.00. The Balaban J connectivity index is 1.71. The lowest BCUT2D eigenvalue weighted by atomic mass is 10.0. The maximum atomic E-state index is 13.0. The van der Waals surface area contributed by atoms with E-state index in [9.17, 15) is 9.59 Å². The van der Waals surface area contributed by atoms with Gasteiger partial charge in [-0.15, -0.1) is 0 Å². The highest BCUT2D eigenvalue weighted by Gasteiger charge is 2.29. The molecule has 1 aliphatic rings. The van der Waals surface area contributed by atoms with Crippen molar-refractivity contribution in [1.29, 1.82) is 0 Å². The highest BCUT2D eigenvalue weighted by Crippen LogP contribution is 2.22. The Morgan fingerprint density at radius 3 is 2.35 bits per heavy atom. The van der Waals surface area contributed by atoms with E-state index in [-0.39, 0.29) is 12.5 Å². The summed E-state index contributed by atoms with van der Waals surface area (Å²) in [4.78, 5) is 25.4. The van der Waals surface area contributed by atoms with E-state index in [1.54, 1.807) is 19.1 Å². The van der Waals surface area contributed by atoms with Crippen molar-refractivity contribution in [3.05, 3.63) is 70.8 Å². The van der Waals surface area contributed by atoms with Crippen LogP contribution >= 0.6 is 0 Å². The molecule has 0 saturated carbocycles. The molecule has 1 N–H and O–H groups in total.